The Morgan fingerprint density at radius 2 is 2.38 bits per heavy atom. The third-order valence-electron chi connectivity index (χ3n) is 0.944. The van der Waals surface area contributed by atoms with Gasteiger partial charge in [0.05, 0.1) is 0 Å². The minimum absolute atomic E-state index is 0.984. The van der Waals surface area contributed by atoms with E-state index < -0.39 is 0 Å². The lowest BCUT2D eigenvalue weighted by atomic mass is 10.6. The van der Waals surface area contributed by atoms with Crippen molar-refractivity contribution in [3.05, 3.63) is 12.7 Å². The second-order valence-corrected chi connectivity index (χ2v) is 2.33. The summed E-state index contributed by atoms with van der Waals surface area (Å²) in [7, 11) is 0. The van der Waals surface area contributed by atoms with Crippen molar-refractivity contribution < 1.29 is 0 Å². The minimum atomic E-state index is 0.984. The van der Waals surface area contributed by atoms with Crippen molar-refractivity contribution in [3.63, 3.8) is 0 Å². The second-order valence-electron chi connectivity index (χ2n) is 1.45. The van der Waals surface area contributed by atoms with Gasteiger partial charge in [-0.2, -0.15) is 0 Å². The van der Waals surface area contributed by atoms with Gasteiger partial charge < -0.3 is 0 Å². The molecule has 0 aromatic carbocycles. The highest BCUT2D eigenvalue weighted by atomic mass is 32.2. The van der Waals surface area contributed by atoms with Crippen molar-refractivity contribution in [3.8, 4) is 0 Å². The Kier molecular flexibility index (Phi) is 5.22. The number of nitrogens with zero attached hydrogens (tertiary/aromatic N) is 1. The van der Waals surface area contributed by atoms with Crippen LogP contribution in [0, 0.1) is 0 Å². The zero-order valence-electron chi connectivity index (χ0n) is 5.55. The van der Waals surface area contributed by atoms with E-state index in [0.29, 0.717) is 0 Å². The number of likely N-dealkylation sites (N-methyl/N-ethyl adjacent to an activating group) is 1. The first-order valence-electron chi connectivity index (χ1n) is 2.75. The molecule has 0 saturated carbocycles. The van der Waals surface area contributed by atoms with Crippen molar-refractivity contribution in [2.75, 3.05) is 19.3 Å². The molecule has 0 N–H and O–H groups in total. The molecule has 0 aromatic heterocycles. The van der Waals surface area contributed by atoms with Gasteiger partial charge in [0, 0.05) is 13.1 Å². The Labute approximate surface area is 55.9 Å². The number of rotatable bonds is 4. The normalized spacial score (nSPS) is 9.88. The standard InChI is InChI=1S/C6H13NS/c1-4-6-7(5-2)8-3/h4H,1,5-6H2,2-3H3. The molecule has 0 aliphatic rings. The van der Waals surface area contributed by atoms with E-state index in [0.717, 1.165) is 13.1 Å². The third kappa shape index (κ3) is 3.10. The summed E-state index contributed by atoms with van der Waals surface area (Å²) in [5, 5.41) is 0. The lowest BCUT2D eigenvalue weighted by molar-refractivity contribution is 0.553. The van der Waals surface area contributed by atoms with Crippen LogP contribution in [0.3, 0.4) is 0 Å². The molecule has 8 heavy (non-hydrogen) atoms. The lowest BCUT2D eigenvalue weighted by Crippen LogP contribution is -2.13. The maximum atomic E-state index is 3.64. The van der Waals surface area contributed by atoms with Crippen molar-refractivity contribution in [1.29, 1.82) is 0 Å². The molecule has 0 bridgehead atoms. The predicted molar refractivity (Wildman–Crippen MR) is 41.0 cm³/mol. The molecular formula is C6H13NS. The van der Waals surface area contributed by atoms with E-state index >= 15 is 0 Å². The van der Waals surface area contributed by atoms with Gasteiger partial charge in [0.1, 0.15) is 0 Å². The minimum Gasteiger partial charge on any atom is -0.247 e. The molecule has 0 rings (SSSR count). The molecule has 0 saturated heterocycles. The second kappa shape index (κ2) is 5.19. The maximum Gasteiger partial charge on any atom is 0.0267 e. The summed E-state index contributed by atoms with van der Waals surface area (Å²) in [6, 6.07) is 0. The molecule has 0 fully saturated rings. The monoisotopic (exact) mass is 131 g/mol. The van der Waals surface area contributed by atoms with E-state index in [9.17, 15) is 0 Å². The SMILES string of the molecule is C=CCN(CC)SC. The van der Waals surface area contributed by atoms with Gasteiger partial charge >= 0.3 is 0 Å². The summed E-state index contributed by atoms with van der Waals surface area (Å²) < 4.78 is 2.23. The first-order chi connectivity index (χ1) is 3.85. The molecule has 0 unspecified atom stereocenters. The Balaban J connectivity index is 3.20. The molecule has 48 valence electrons. The predicted octanol–water partition coefficient (Wildman–Crippen LogP) is 1.77. The van der Waals surface area contributed by atoms with Gasteiger partial charge in [-0.15, -0.1) is 6.58 Å². The smallest absolute Gasteiger partial charge is 0.0267 e. The summed E-state index contributed by atoms with van der Waals surface area (Å²) >= 11 is 1.76. The largest absolute Gasteiger partial charge is 0.247 e. The zero-order chi connectivity index (χ0) is 6.41. The van der Waals surface area contributed by atoms with Crippen LogP contribution in [0.5, 0.6) is 0 Å². The molecule has 0 amide bonds. The van der Waals surface area contributed by atoms with Crippen molar-refractivity contribution >= 4 is 11.9 Å². The molecule has 0 aliphatic carbocycles. The molecule has 0 aromatic rings. The molecular weight excluding hydrogens is 118 g/mol. The van der Waals surface area contributed by atoms with E-state index in [2.05, 4.69) is 24.1 Å². The van der Waals surface area contributed by atoms with Crippen LogP contribution in [0.2, 0.25) is 0 Å². The van der Waals surface area contributed by atoms with Gasteiger partial charge in [0.15, 0.2) is 0 Å². The van der Waals surface area contributed by atoms with E-state index in [1.54, 1.807) is 11.9 Å². The average Bonchev–Trinajstić information content (AvgIpc) is 1.83. The van der Waals surface area contributed by atoms with Crippen LogP contribution in [0.1, 0.15) is 6.92 Å². The van der Waals surface area contributed by atoms with Gasteiger partial charge in [-0.25, -0.2) is 4.31 Å². The van der Waals surface area contributed by atoms with E-state index in [-0.39, 0.29) is 0 Å². The van der Waals surface area contributed by atoms with Gasteiger partial charge in [-0.3, -0.25) is 0 Å². The molecule has 0 aliphatic heterocycles. The van der Waals surface area contributed by atoms with Crippen LogP contribution < -0.4 is 0 Å². The van der Waals surface area contributed by atoms with Crippen LogP contribution in [-0.2, 0) is 0 Å². The van der Waals surface area contributed by atoms with Gasteiger partial charge in [-0.1, -0.05) is 24.9 Å². The van der Waals surface area contributed by atoms with Crippen molar-refractivity contribution in [2.24, 2.45) is 0 Å². The Morgan fingerprint density at radius 1 is 1.75 bits per heavy atom. The number of hydrogen-bond acceptors (Lipinski definition) is 2. The Hall–Kier alpha value is 0.0500. The third-order valence-corrected chi connectivity index (χ3v) is 1.87. The summed E-state index contributed by atoms with van der Waals surface area (Å²) in [5.74, 6) is 0. The van der Waals surface area contributed by atoms with Crippen molar-refractivity contribution in [1.82, 2.24) is 4.31 Å². The maximum absolute atomic E-state index is 3.64. The van der Waals surface area contributed by atoms with Crippen LogP contribution in [-0.4, -0.2) is 23.7 Å². The van der Waals surface area contributed by atoms with E-state index in [1.165, 1.54) is 0 Å². The van der Waals surface area contributed by atoms with E-state index in [4.69, 9.17) is 0 Å². The summed E-state index contributed by atoms with van der Waals surface area (Å²) in [6.07, 6.45) is 3.99. The summed E-state index contributed by atoms with van der Waals surface area (Å²) in [6.45, 7) is 7.85. The van der Waals surface area contributed by atoms with Crippen LogP contribution in [0.4, 0.5) is 0 Å². The fourth-order valence-electron chi connectivity index (χ4n) is 0.477. The fraction of sp³-hybridized carbons (Fsp3) is 0.667. The fourth-order valence-corrected chi connectivity index (χ4v) is 0.989. The molecule has 1 nitrogen and oxygen atoms in total. The average molecular weight is 131 g/mol. The molecule has 0 atom stereocenters. The van der Waals surface area contributed by atoms with Gasteiger partial charge in [0.25, 0.3) is 0 Å². The van der Waals surface area contributed by atoms with E-state index in [1.807, 2.05) is 6.08 Å². The zero-order valence-corrected chi connectivity index (χ0v) is 6.37. The number of hydrogen-bond donors (Lipinski definition) is 0. The molecule has 0 radical (unpaired) electrons. The molecule has 0 heterocycles. The van der Waals surface area contributed by atoms with Crippen molar-refractivity contribution in [2.45, 2.75) is 6.92 Å². The highest BCUT2D eigenvalue weighted by Crippen LogP contribution is 2.01. The highest BCUT2D eigenvalue weighted by molar-refractivity contribution is 7.96. The molecule has 2 heteroatoms. The van der Waals surface area contributed by atoms with Crippen LogP contribution in [0.25, 0.3) is 0 Å². The Bertz CT molecular complexity index is 59.5. The Morgan fingerprint density at radius 3 is 2.50 bits per heavy atom. The summed E-state index contributed by atoms with van der Waals surface area (Å²) in [5.41, 5.74) is 0. The van der Waals surface area contributed by atoms with Gasteiger partial charge in [0.2, 0.25) is 0 Å². The lowest BCUT2D eigenvalue weighted by Gasteiger charge is -2.12. The molecule has 0 spiro atoms. The quantitative estimate of drug-likeness (QED) is 0.422. The first-order valence-corrected chi connectivity index (χ1v) is 3.93. The van der Waals surface area contributed by atoms with Gasteiger partial charge in [-0.05, 0) is 6.26 Å². The van der Waals surface area contributed by atoms with Crippen LogP contribution >= 0.6 is 11.9 Å². The highest BCUT2D eigenvalue weighted by Gasteiger charge is 1.92. The van der Waals surface area contributed by atoms with Crippen LogP contribution in [0.15, 0.2) is 12.7 Å². The summed E-state index contributed by atoms with van der Waals surface area (Å²) in [4.78, 5) is 0. The first kappa shape index (κ1) is 8.05. The topological polar surface area (TPSA) is 3.24 Å².